The van der Waals surface area contributed by atoms with Gasteiger partial charge in [-0.25, -0.2) is 4.79 Å². The Morgan fingerprint density at radius 3 is 2.64 bits per heavy atom. The second kappa shape index (κ2) is 7.35. The maximum Gasteiger partial charge on any atom is 0.326 e. The molecule has 0 aliphatic heterocycles. The van der Waals surface area contributed by atoms with Crippen LogP contribution < -0.4 is 5.32 Å². The number of carboxylic acid groups (broad SMARTS) is 1. The largest absolute Gasteiger partial charge is 0.480 e. The fraction of sp³-hybridized carbons (Fsp3) is 0.333. The van der Waals surface area contributed by atoms with Crippen molar-refractivity contribution >= 4 is 11.9 Å². The van der Waals surface area contributed by atoms with Crippen LogP contribution in [0.25, 0.3) is 0 Å². The summed E-state index contributed by atoms with van der Waals surface area (Å²) in [6.07, 6.45) is 0.617. The van der Waals surface area contributed by atoms with Crippen molar-refractivity contribution in [2.24, 2.45) is 0 Å². The van der Waals surface area contributed by atoms with E-state index in [2.05, 4.69) is 15.5 Å². The molecular weight excluding hydrogens is 286 g/mol. The van der Waals surface area contributed by atoms with Gasteiger partial charge >= 0.3 is 5.97 Å². The standard InChI is InChI=1S/C15H17N3O4/c1-10-16-14(22-18-10)8-7-13(19)17-12(15(20)21)9-11-5-3-2-4-6-11/h2-6,12H,7-9H2,1H3,(H,17,19)(H,20,21)/t12-/m0/s1. The van der Waals surface area contributed by atoms with Crippen molar-refractivity contribution in [1.82, 2.24) is 15.5 Å². The second-order valence-corrected chi connectivity index (χ2v) is 4.88. The molecule has 7 heteroatoms. The van der Waals surface area contributed by atoms with E-state index in [1.165, 1.54) is 0 Å². The summed E-state index contributed by atoms with van der Waals surface area (Å²) in [4.78, 5) is 27.1. The molecule has 116 valence electrons. The lowest BCUT2D eigenvalue weighted by Gasteiger charge is -2.14. The predicted octanol–water partition coefficient (Wildman–Crippen LogP) is 1.12. The van der Waals surface area contributed by atoms with Crippen LogP contribution in [0.3, 0.4) is 0 Å². The Morgan fingerprint density at radius 2 is 2.05 bits per heavy atom. The van der Waals surface area contributed by atoms with Gasteiger partial charge in [0.15, 0.2) is 5.82 Å². The first-order valence-corrected chi connectivity index (χ1v) is 6.90. The summed E-state index contributed by atoms with van der Waals surface area (Å²) in [5.74, 6) is -0.560. The summed E-state index contributed by atoms with van der Waals surface area (Å²) < 4.78 is 4.91. The average molecular weight is 303 g/mol. The summed E-state index contributed by atoms with van der Waals surface area (Å²) in [5.41, 5.74) is 0.850. The SMILES string of the molecule is Cc1noc(CCC(=O)N[C@@H](Cc2ccccc2)C(=O)O)n1. The molecule has 0 saturated carbocycles. The van der Waals surface area contributed by atoms with Crippen LogP contribution >= 0.6 is 0 Å². The van der Waals surface area contributed by atoms with Gasteiger partial charge in [-0.05, 0) is 12.5 Å². The van der Waals surface area contributed by atoms with Crippen LogP contribution in [0.1, 0.15) is 23.7 Å². The lowest BCUT2D eigenvalue weighted by atomic mass is 10.1. The van der Waals surface area contributed by atoms with E-state index >= 15 is 0 Å². The zero-order valence-corrected chi connectivity index (χ0v) is 12.2. The highest BCUT2D eigenvalue weighted by atomic mass is 16.5. The van der Waals surface area contributed by atoms with E-state index in [1.54, 1.807) is 6.92 Å². The third-order valence-corrected chi connectivity index (χ3v) is 3.05. The number of nitrogens with zero attached hydrogens (tertiary/aromatic N) is 2. The number of hydrogen-bond acceptors (Lipinski definition) is 5. The molecule has 2 rings (SSSR count). The van der Waals surface area contributed by atoms with Crippen LogP contribution in [0.4, 0.5) is 0 Å². The lowest BCUT2D eigenvalue weighted by Crippen LogP contribution is -2.42. The molecule has 0 unspecified atom stereocenters. The Balaban J connectivity index is 1.87. The van der Waals surface area contributed by atoms with E-state index < -0.39 is 12.0 Å². The van der Waals surface area contributed by atoms with Gasteiger partial charge in [-0.15, -0.1) is 0 Å². The van der Waals surface area contributed by atoms with Gasteiger partial charge in [0.05, 0.1) is 0 Å². The number of rotatable bonds is 7. The molecule has 0 radical (unpaired) electrons. The van der Waals surface area contributed by atoms with Gasteiger partial charge < -0.3 is 14.9 Å². The Hall–Kier alpha value is -2.70. The zero-order chi connectivity index (χ0) is 15.9. The van der Waals surface area contributed by atoms with Crippen molar-refractivity contribution in [2.45, 2.75) is 32.2 Å². The lowest BCUT2D eigenvalue weighted by molar-refractivity contribution is -0.141. The Morgan fingerprint density at radius 1 is 1.32 bits per heavy atom. The van der Waals surface area contributed by atoms with Crippen LogP contribution in [0.15, 0.2) is 34.9 Å². The monoisotopic (exact) mass is 303 g/mol. The molecule has 22 heavy (non-hydrogen) atoms. The number of aliphatic carboxylic acids is 1. The molecule has 1 aromatic carbocycles. The summed E-state index contributed by atoms with van der Waals surface area (Å²) in [6, 6.07) is 8.19. The molecule has 2 aromatic rings. The van der Waals surface area contributed by atoms with Crippen LogP contribution in [0.5, 0.6) is 0 Å². The van der Waals surface area contributed by atoms with Gasteiger partial charge in [0.1, 0.15) is 6.04 Å². The highest BCUT2D eigenvalue weighted by molar-refractivity contribution is 5.83. The van der Waals surface area contributed by atoms with Gasteiger partial charge in [-0.2, -0.15) is 4.98 Å². The van der Waals surface area contributed by atoms with E-state index in [0.29, 0.717) is 11.7 Å². The molecule has 1 amide bonds. The van der Waals surface area contributed by atoms with Gasteiger partial charge in [-0.1, -0.05) is 35.5 Å². The molecule has 0 saturated heterocycles. The highest BCUT2D eigenvalue weighted by Crippen LogP contribution is 2.05. The number of carbonyl (C=O) groups is 2. The summed E-state index contributed by atoms with van der Waals surface area (Å²) in [5, 5.41) is 15.4. The molecule has 1 heterocycles. The first-order chi connectivity index (χ1) is 10.5. The van der Waals surface area contributed by atoms with Crippen molar-refractivity contribution in [3.05, 3.63) is 47.6 Å². The number of nitrogens with one attached hydrogen (secondary N) is 1. The van der Waals surface area contributed by atoms with E-state index in [1.807, 2.05) is 30.3 Å². The minimum Gasteiger partial charge on any atom is -0.480 e. The second-order valence-electron chi connectivity index (χ2n) is 4.88. The summed E-state index contributed by atoms with van der Waals surface area (Å²) >= 11 is 0. The summed E-state index contributed by atoms with van der Waals surface area (Å²) in [6.45, 7) is 1.69. The first-order valence-electron chi connectivity index (χ1n) is 6.90. The Labute approximate surface area is 127 Å². The molecule has 0 aliphatic carbocycles. The van der Waals surface area contributed by atoms with Crippen LogP contribution in [0, 0.1) is 6.92 Å². The van der Waals surface area contributed by atoms with Crippen LogP contribution in [-0.4, -0.2) is 33.2 Å². The number of aromatic nitrogens is 2. The molecule has 2 N–H and O–H groups in total. The molecule has 1 atom stereocenters. The van der Waals surface area contributed by atoms with Crippen molar-refractivity contribution in [3.63, 3.8) is 0 Å². The smallest absolute Gasteiger partial charge is 0.326 e. The van der Waals surface area contributed by atoms with E-state index in [9.17, 15) is 14.7 Å². The third-order valence-electron chi connectivity index (χ3n) is 3.05. The number of benzene rings is 1. The maximum atomic E-state index is 11.9. The number of carboxylic acids is 1. The number of carbonyl (C=O) groups excluding carboxylic acids is 1. The van der Waals surface area contributed by atoms with Crippen LogP contribution in [-0.2, 0) is 22.4 Å². The van der Waals surface area contributed by atoms with Crippen molar-refractivity contribution < 1.29 is 19.2 Å². The fourth-order valence-electron chi connectivity index (χ4n) is 1.98. The number of hydrogen-bond donors (Lipinski definition) is 2. The van der Waals surface area contributed by atoms with E-state index in [-0.39, 0.29) is 25.2 Å². The first kappa shape index (κ1) is 15.7. The fourth-order valence-corrected chi connectivity index (χ4v) is 1.98. The van der Waals surface area contributed by atoms with Crippen molar-refractivity contribution in [2.75, 3.05) is 0 Å². The molecule has 0 fully saturated rings. The number of amides is 1. The van der Waals surface area contributed by atoms with Gasteiger partial charge in [0.2, 0.25) is 11.8 Å². The molecule has 0 bridgehead atoms. The van der Waals surface area contributed by atoms with Crippen molar-refractivity contribution in [3.8, 4) is 0 Å². The molecule has 1 aromatic heterocycles. The van der Waals surface area contributed by atoms with Gasteiger partial charge in [0, 0.05) is 19.3 Å². The average Bonchev–Trinajstić information content (AvgIpc) is 2.91. The quantitative estimate of drug-likeness (QED) is 0.794. The highest BCUT2D eigenvalue weighted by Gasteiger charge is 2.20. The van der Waals surface area contributed by atoms with E-state index in [4.69, 9.17) is 4.52 Å². The van der Waals surface area contributed by atoms with Crippen LogP contribution in [0.2, 0.25) is 0 Å². The molecule has 7 nitrogen and oxygen atoms in total. The van der Waals surface area contributed by atoms with Crippen molar-refractivity contribution in [1.29, 1.82) is 0 Å². The Bertz CT molecular complexity index is 639. The maximum absolute atomic E-state index is 11.9. The van der Waals surface area contributed by atoms with Gasteiger partial charge in [-0.3, -0.25) is 4.79 Å². The normalized spacial score (nSPS) is 11.9. The zero-order valence-electron chi connectivity index (χ0n) is 12.2. The minimum atomic E-state index is -1.06. The number of aryl methyl sites for hydroxylation is 2. The molecule has 0 aliphatic rings. The summed E-state index contributed by atoms with van der Waals surface area (Å²) in [7, 11) is 0. The Kier molecular flexibility index (Phi) is 5.24. The van der Waals surface area contributed by atoms with E-state index in [0.717, 1.165) is 5.56 Å². The topological polar surface area (TPSA) is 105 Å². The van der Waals surface area contributed by atoms with Gasteiger partial charge in [0.25, 0.3) is 0 Å². The molecular formula is C15H17N3O4. The minimum absolute atomic E-state index is 0.0974. The molecule has 0 spiro atoms. The third kappa shape index (κ3) is 4.69. The predicted molar refractivity (Wildman–Crippen MR) is 77.1 cm³/mol.